The van der Waals surface area contributed by atoms with E-state index < -0.39 is 121 Å². The van der Waals surface area contributed by atoms with E-state index in [9.17, 15) is 0 Å². The summed E-state index contributed by atoms with van der Waals surface area (Å²) in [7, 11) is 0. The fourth-order valence-corrected chi connectivity index (χ4v) is 11.3. The van der Waals surface area contributed by atoms with Gasteiger partial charge in [0.25, 0.3) is 0 Å². The molecular weight excluding hydrogens is 985 g/mol. The number of fused-ring (bicyclic) bond motifs is 9. The van der Waals surface area contributed by atoms with Crippen LogP contribution in [0, 0.1) is 0 Å². The zero-order valence-electron chi connectivity index (χ0n) is 62.3. The molecule has 0 bridgehead atoms. The number of benzene rings is 12. The topological polar surface area (TPSA) is 53.5 Å². The van der Waals surface area contributed by atoms with Crippen molar-refractivity contribution in [2.75, 3.05) is 0 Å². The highest BCUT2D eigenvalue weighted by Crippen LogP contribution is 2.43. The Labute approximate surface area is 495 Å². The number of hydrogen-bond donors (Lipinski definition) is 0. The number of nitrogens with zero attached hydrogens (tertiary/aromatic N) is 6. The van der Waals surface area contributed by atoms with E-state index in [2.05, 4.69) is 0 Å². The van der Waals surface area contributed by atoms with Crippen LogP contribution in [0.1, 0.15) is 27.4 Å². The fraction of sp³-hybridized carbons (Fsp3) is 0. The molecule has 0 atom stereocenters. The molecule has 0 unspecified atom stereocenters. The van der Waals surface area contributed by atoms with Crippen LogP contribution in [-0.4, -0.2) is 28.7 Å². The van der Waals surface area contributed by atoms with E-state index in [1.165, 1.54) is 0 Å². The van der Waals surface area contributed by atoms with Gasteiger partial charge in [-0.3, -0.25) is 4.57 Å². The Hall–Kier alpha value is -11.0. The molecular formula is C75H48N6. The molecule has 4 heterocycles. The second-order valence-corrected chi connectivity index (χ2v) is 19.3. The molecule has 0 N–H and O–H groups in total. The monoisotopic (exact) mass is 1050 g/mol. The Morgan fingerprint density at radius 3 is 0.889 bits per heavy atom. The molecule has 378 valence electrons. The van der Waals surface area contributed by atoms with Crippen molar-refractivity contribution in [3.05, 3.63) is 291 Å². The van der Waals surface area contributed by atoms with Gasteiger partial charge in [-0.15, -0.1) is 0 Å². The first-order valence-corrected chi connectivity index (χ1v) is 25.9. The Bertz CT molecular complexity index is 5630. The second kappa shape index (κ2) is 18.9. The van der Waals surface area contributed by atoms with Crippen molar-refractivity contribution in [3.8, 4) is 84.6 Å². The van der Waals surface area contributed by atoms with E-state index in [-0.39, 0.29) is 39.9 Å². The highest BCUT2D eigenvalue weighted by atomic mass is 15.2. The van der Waals surface area contributed by atoms with Crippen molar-refractivity contribution in [2.24, 2.45) is 0 Å². The van der Waals surface area contributed by atoms with Crippen LogP contribution in [0.3, 0.4) is 0 Å². The minimum Gasteiger partial charge on any atom is -0.309 e. The summed E-state index contributed by atoms with van der Waals surface area (Å²) >= 11 is 0. The summed E-state index contributed by atoms with van der Waals surface area (Å²) < 4.78 is 180. The largest absolute Gasteiger partial charge is 0.309 e. The summed E-state index contributed by atoms with van der Waals surface area (Å²) in [6, 6.07) is 41.5. The molecule has 0 aliphatic heterocycles. The van der Waals surface area contributed by atoms with Gasteiger partial charge in [-0.1, -0.05) is 206 Å². The predicted molar refractivity (Wildman–Crippen MR) is 335 cm³/mol. The Kier molecular flexibility index (Phi) is 7.06. The van der Waals surface area contributed by atoms with Crippen molar-refractivity contribution in [1.29, 1.82) is 0 Å². The second-order valence-electron chi connectivity index (χ2n) is 19.3. The van der Waals surface area contributed by atoms with Crippen LogP contribution in [0.2, 0.25) is 0 Å². The van der Waals surface area contributed by atoms with E-state index in [4.69, 9.17) is 42.4 Å². The number of para-hydroxylation sites is 4. The molecule has 81 heavy (non-hydrogen) atoms. The third-order valence-electron chi connectivity index (χ3n) is 14.9. The van der Waals surface area contributed by atoms with Crippen LogP contribution < -0.4 is 0 Å². The summed E-state index contributed by atoms with van der Waals surface area (Å²) in [5.41, 5.74) is 6.77. The molecule has 6 nitrogen and oxygen atoms in total. The van der Waals surface area contributed by atoms with E-state index >= 15 is 0 Å². The van der Waals surface area contributed by atoms with Gasteiger partial charge in [-0.2, -0.15) is 9.97 Å². The molecule has 12 aromatic carbocycles. The molecule has 0 radical (unpaired) electrons. The summed E-state index contributed by atoms with van der Waals surface area (Å²) in [6.07, 6.45) is 0. The van der Waals surface area contributed by atoms with Crippen LogP contribution in [0.5, 0.6) is 0 Å². The van der Waals surface area contributed by atoms with Gasteiger partial charge in [-0.05, 0) is 129 Å². The third-order valence-corrected chi connectivity index (χ3v) is 14.9. The van der Waals surface area contributed by atoms with Gasteiger partial charge >= 0.3 is 0 Å². The van der Waals surface area contributed by atoms with Crippen molar-refractivity contribution < 1.29 is 27.4 Å². The standard InChI is InChI=1S/C75H48N6/c1-5-21-49(22-6-1)53-37-41-69-61(45-53)62-46-54(50-23-7-2-8-24-50)38-42-70(62)79(69)67-35-19-15-31-59(67)73-76-74(78-75(77-73)81-65-33-17-13-29-57(65)58-30-14-18-34-66(58)81)60-32-16-20-36-68(60)80-71-43-39-55(51-25-9-3-10-26-51)47-63(71)64-48-56(40-44-72(64)80)52-27-11-4-12-28-52/h1-48H/i1D,2D,3D,4D,5D,6D,7D,8D,9D,10D,11D,12D,21D,22D,23D,24D,25D,26D,27D,28D. The molecule has 0 saturated carbocycles. The average Bonchev–Trinajstić information content (AvgIpc) is 1.59. The van der Waals surface area contributed by atoms with Crippen molar-refractivity contribution >= 4 is 65.4 Å². The minimum absolute atomic E-state index is 0.0475. The van der Waals surface area contributed by atoms with Crippen LogP contribution in [0.15, 0.2) is 291 Å². The van der Waals surface area contributed by atoms with Gasteiger partial charge in [0.1, 0.15) is 0 Å². The molecule has 4 aromatic heterocycles. The van der Waals surface area contributed by atoms with E-state index in [1.54, 1.807) is 72.8 Å². The molecule has 6 heteroatoms. The third kappa shape index (κ3) is 7.68. The smallest absolute Gasteiger partial charge is 0.238 e. The number of hydrogen-bond acceptors (Lipinski definition) is 3. The molecule has 0 fully saturated rings. The molecule has 16 aromatic rings. The van der Waals surface area contributed by atoms with Gasteiger partial charge < -0.3 is 9.13 Å². The average molecular weight is 1050 g/mol. The molecule has 0 aliphatic rings. The summed E-state index contributed by atoms with van der Waals surface area (Å²) in [5.74, 6) is 0.592. The van der Waals surface area contributed by atoms with Crippen LogP contribution in [0.4, 0.5) is 0 Å². The molecule has 16 rings (SSSR count). The Balaban J connectivity index is 0.970. The maximum Gasteiger partial charge on any atom is 0.238 e. The minimum atomic E-state index is -0.558. The molecule has 0 aliphatic carbocycles. The quantitative estimate of drug-likeness (QED) is 0.145. The predicted octanol–water partition coefficient (Wildman–Crippen LogP) is 19.2. The van der Waals surface area contributed by atoms with Crippen molar-refractivity contribution in [1.82, 2.24) is 28.7 Å². The lowest BCUT2D eigenvalue weighted by molar-refractivity contribution is 0.950. The van der Waals surface area contributed by atoms with Crippen molar-refractivity contribution in [3.63, 3.8) is 0 Å². The van der Waals surface area contributed by atoms with E-state index in [0.717, 1.165) is 21.8 Å². The normalized spacial score (nSPS) is 15.2. The first-order valence-electron chi connectivity index (χ1n) is 35.9. The zero-order chi connectivity index (χ0) is 70.8. The van der Waals surface area contributed by atoms with Crippen LogP contribution in [-0.2, 0) is 0 Å². The zero-order valence-corrected chi connectivity index (χ0v) is 42.3. The van der Waals surface area contributed by atoms with Gasteiger partial charge in [0, 0.05) is 43.4 Å². The van der Waals surface area contributed by atoms with Gasteiger partial charge in [0.05, 0.1) is 71.9 Å². The highest BCUT2D eigenvalue weighted by Gasteiger charge is 2.24. The molecule has 0 spiro atoms. The summed E-state index contributed by atoms with van der Waals surface area (Å²) in [5, 5.41) is 3.88. The Morgan fingerprint density at radius 1 is 0.247 bits per heavy atom. The first-order chi connectivity index (χ1) is 48.5. The maximum absolute atomic E-state index is 9.01. The highest BCUT2D eigenvalue weighted by molar-refractivity contribution is 6.14. The SMILES string of the molecule is [2H]c1c([2H])c([2H])c(-c2ccc3c(c2)c2cc(-c4c([2H])c([2H])c([2H])c([2H])c4[2H])ccc2n3-c2ccccc2-c2nc(-c3ccccc3-n3c4ccc(-c5c([2H])c([2H])c([2H])c([2H])c5[2H])cc4c4cc(-c5c([2H])c([2H])c([2H])c([2H])c5[2H])ccc43)nc(-n3c4ccccc4c4ccccc43)n2)c([2H])c1[2H]. The molecule has 0 saturated heterocycles. The number of aromatic nitrogens is 6. The van der Waals surface area contributed by atoms with Crippen molar-refractivity contribution in [2.45, 2.75) is 0 Å². The van der Waals surface area contributed by atoms with Gasteiger partial charge in [-0.25, -0.2) is 4.98 Å². The first kappa shape index (κ1) is 30.3. The lowest BCUT2D eigenvalue weighted by Crippen LogP contribution is -2.09. The number of rotatable bonds is 9. The van der Waals surface area contributed by atoms with E-state index in [0.29, 0.717) is 88.4 Å². The fourth-order valence-electron chi connectivity index (χ4n) is 11.3. The lowest BCUT2D eigenvalue weighted by Gasteiger charge is -2.17. The summed E-state index contributed by atoms with van der Waals surface area (Å²) in [6.45, 7) is 0. The van der Waals surface area contributed by atoms with E-state index in [1.807, 2.05) is 111 Å². The lowest BCUT2D eigenvalue weighted by atomic mass is 10.0. The van der Waals surface area contributed by atoms with Crippen LogP contribution >= 0.6 is 0 Å². The van der Waals surface area contributed by atoms with Gasteiger partial charge in [0.2, 0.25) is 5.95 Å². The Morgan fingerprint density at radius 2 is 0.543 bits per heavy atom. The maximum atomic E-state index is 9.01. The van der Waals surface area contributed by atoms with Crippen LogP contribution in [0.25, 0.3) is 150 Å². The molecule has 0 amide bonds. The van der Waals surface area contributed by atoms with Gasteiger partial charge in [0.15, 0.2) is 11.6 Å². The summed E-state index contributed by atoms with van der Waals surface area (Å²) in [4.78, 5) is 16.3.